The maximum Gasteiger partial charge on any atom is 0.341 e. The van der Waals surface area contributed by atoms with Crippen LogP contribution in [0.2, 0.25) is 0 Å². The van der Waals surface area contributed by atoms with E-state index < -0.39 is 5.97 Å². The summed E-state index contributed by atoms with van der Waals surface area (Å²) in [6.45, 7) is 2.41. The molecule has 1 aliphatic carbocycles. The number of carboxylic acid groups (broad SMARTS) is 1. The molecule has 4 heteroatoms. The minimum Gasteiger partial charge on any atom is -0.477 e. The largest absolute Gasteiger partial charge is 0.477 e. The molecule has 2 rings (SSSR count). The Labute approximate surface area is 107 Å². The molecule has 1 saturated carbocycles. The van der Waals surface area contributed by atoms with Crippen LogP contribution >= 0.6 is 0 Å². The first-order chi connectivity index (χ1) is 8.66. The van der Waals surface area contributed by atoms with E-state index in [-0.39, 0.29) is 11.4 Å². The number of hydrogen-bond donors (Lipinski definition) is 1. The fraction of sp³-hybridized carbons (Fsp3) is 0.571. The lowest BCUT2D eigenvalue weighted by Crippen LogP contribution is -2.17. The van der Waals surface area contributed by atoms with E-state index in [1.54, 1.807) is 12.1 Å². The Balaban J connectivity index is 2.03. The topological polar surface area (TPSA) is 59.4 Å². The van der Waals surface area contributed by atoms with Gasteiger partial charge in [0.2, 0.25) is 5.88 Å². The van der Waals surface area contributed by atoms with Crippen LogP contribution in [0.5, 0.6) is 5.88 Å². The van der Waals surface area contributed by atoms with E-state index in [2.05, 4.69) is 4.98 Å². The van der Waals surface area contributed by atoms with Crippen LogP contribution in [0.15, 0.2) is 12.1 Å². The highest BCUT2D eigenvalue weighted by atomic mass is 16.5. The van der Waals surface area contributed by atoms with E-state index in [1.807, 2.05) is 6.92 Å². The van der Waals surface area contributed by atoms with E-state index in [9.17, 15) is 4.79 Å². The summed E-state index contributed by atoms with van der Waals surface area (Å²) in [5, 5.41) is 9.07. The van der Waals surface area contributed by atoms with Crippen molar-refractivity contribution in [3.8, 4) is 5.88 Å². The molecule has 1 fully saturated rings. The number of nitrogens with zero attached hydrogens (tertiary/aromatic N) is 1. The predicted molar refractivity (Wildman–Crippen MR) is 68.0 cm³/mol. The Bertz CT molecular complexity index is 425. The van der Waals surface area contributed by atoms with Crippen molar-refractivity contribution in [2.45, 2.75) is 39.0 Å². The van der Waals surface area contributed by atoms with Gasteiger partial charge in [0.05, 0.1) is 6.61 Å². The third kappa shape index (κ3) is 3.22. The molecule has 1 aromatic rings. The first-order valence-electron chi connectivity index (χ1n) is 6.50. The minimum atomic E-state index is -0.985. The molecule has 1 N–H and O–H groups in total. The van der Waals surface area contributed by atoms with Crippen molar-refractivity contribution in [1.29, 1.82) is 0 Å². The Morgan fingerprint density at radius 1 is 1.39 bits per heavy atom. The highest BCUT2D eigenvalue weighted by molar-refractivity contribution is 5.90. The molecule has 98 valence electrons. The SMILES string of the molecule is Cc1ccc(C(=O)O)c(OCC2CCCCC2)n1. The van der Waals surface area contributed by atoms with Gasteiger partial charge in [0, 0.05) is 5.69 Å². The molecule has 18 heavy (non-hydrogen) atoms. The van der Waals surface area contributed by atoms with E-state index in [1.165, 1.54) is 32.1 Å². The molecule has 0 saturated heterocycles. The third-order valence-electron chi connectivity index (χ3n) is 3.41. The Morgan fingerprint density at radius 2 is 2.11 bits per heavy atom. The normalized spacial score (nSPS) is 16.5. The molecule has 1 heterocycles. The zero-order valence-electron chi connectivity index (χ0n) is 10.7. The Morgan fingerprint density at radius 3 is 2.78 bits per heavy atom. The smallest absolute Gasteiger partial charge is 0.341 e. The van der Waals surface area contributed by atoms with E-state index >= 15 is 0 Å². The van der Waals surface area contributed by atoms with Crippen LogP contribution in [-0.4, -0.2) is 22.7 Å². The molecule has 0 unspecified atom stereocenters. The second kappa shape index (κ2) is 5.85. The second-order valence-electron chi connectivity index (χ2n) is 4.93. The van der Waals surface area contributed by atoms with Crippen molar-refractivity contribution in [2.75, 3.05) is 6.61 Å². The Kier molecular flexibility index (Phi) is 4.18. The number of aryl methyl sites for hydroxylation is 1. The van der Waals surface area contributed by atoms with Crippen LogP contribution < -0.4 is 4.74 Å². The van der Waals surface area contributed by atoms with Crippen LogP contribution in [0.25, 0.3) is 0 Å². The van der Waals surface area contributed by atoms with E-state index in [0.29, 0.717) is 12.5 Å². The van der Waals surface area contributed by atoms with Gasteiger partial charge in [-0.15, -0.1) is 0 Å². The van der Waals surface area contributed by atoms with Crippen molar-refractivity contribution >= 4 is 5.97 Å². The monoisotopic (exact) mass is 249 g/mol. The molecule has 0 radical (unpaired) electrons. The van der Waals surface area contributed by atoms with Crippen molar-refractivity contribution in [3.05, 3.63) is 23.4 Å². The lowest BCUT2D eigenvalue weighted by atomic mass is 9.90. The summed E-state index contributed by atoms with van der Waals surface area (Å²) in [5.41, 5.74) is 0.926. The molecule has 0 spiro atoms. The zero-order chi connectivity index (χ0) is 13.0. The summed E-state index contributed by atoms with van der Waals surface area (Å²) in [5.74, 6) is -0.183. The first kappa shape index (κ1) is 12.9. The van der Waals surface area contributed by atoms with Gasteiger partial charge in [-0.25, -0.2) is 9.78 Å². The molecule has 0 atom stereocenters. The summed E-state index contributed by atoms with van der Waals surface area (Å²) in [6, 6.07) is 3.25. The van der Waals surface area contributed by atoms with Crippen LogP contribution in [0.1, 0.15) is 48.2 Å². The zero-order valence-corrected chi connectivity index (χ0v) is 10.7. The van der Waals surface area contributed by atoms with Gasteiger partial charge in [-0.3, -0.25) is 0 Å². The van der Waals surface area contributed by atoms with Crippen LogP contribution in [0.4, 0.5) is 0 Å². The van der Waals surface area contributed by atoms with Gasteiger partial charge in [-0.1, -0.05) is 19.3 Å². The lowest BCUT2D eigenvalue weighted by molar-refractivity contribution is 0.0689. The van der Waals surface area contributed by atoms with Gasteiger partial charge in [0.15, 0.2) is 0 Å². The fourth-order valence-corrected chi connectivity index (χ4v) is 2.36. The van der Waals surface area contributed by atoms with E-state index in [0.717, 1.165) is 5.69 Å². The molecule has 0 bridgehead atoms. The lowest BCUT2D eigenvalue weighted by Gasteiger charge is -2.21. The highest BCUT2D eigenvalue weighted by Crippen LogP contribution is 2.25. The second-order valence-corrected chi connectivity index (χ2v) is 4.93. The highest BCUT2D eigenvalue weighted by Gasteiger charge is 2.17. The van der Waals surface area contributed by atoms with E-state index in [4.69, 9.17) is 9.84 Å². The number of ether oxygens (including phenoxy) is 1. The van der Waals surface area contributed by atoms with Gasteiger partial charge >= 0.3 is 5.97 Å². The van der Waals surface area contributed by atoms with Crippen molar-refractivity contribution in [3.63, 3.8) is 0 Å². The number of hydrogen-bond acceptors (Lipinski definition) is 3. The van der Waals surface area contributed by atoms with Crippen LogP contribution in [0, 0.1) is 12.8 Å². The van der Waals surface area contributed by atoms with Crippen LogP contribution in [-0.2, 0) is 0 Å². The summed E-state index contributed by atoms with van der Waals surface area (Å²) in [7, 11) is 0. The standard InChI is InChI=1S/C14H19NO3/c1-10-7-8-12(14(16)17)13(15-10)18-9-11-5-3-2-4-6-11/h7-8,11H,2-6,9H2,1H3,(H,16,17). The number of pyridine rings is 1. The quantitative estimate of drug-likeness (QED) is 0.891. The maximum absolute atomic E-state index is 11.1. The fourth-order valence-electron chi connectivity index (χ4n) is 2.36. The minimum absolute atomic E-state index is 0.149. The summed E-state index contributed by atoms with van der Waals surface area (Å²) in [6.07, 6.45) is 6.16. The average molecular weight is 249 g/mol. The molecule has 1 aromatic heterocycles. The number of carbonyl (C=O) groups is 1. The number of aromatic nitrogens is 1. The summed E-state index contributed by atoms with van der Waals surface area (Å²) in [4.78, 5) is 15.2. The summed E-state index contributed by atoms with van der Waals surface area (Å²) < 4.78 is 5.63. The van der Waals surface area contributed by atoms with Crippen molar-refractivity contribution < 1.29 is 14.6 Å². The number of rotatable bonds is 4. The number of aromatic carboxylic acids is 1. The molecule has 0 aliphatic heterocycles. The van der Waals surface area contributed by atoms with Gasteiger partial charge < -0.3 is 9.84 Å². The average Bonchev–Trinajstić information content (AvgIpc) is 2.37. The third-order valence-corrected chi connectivity index (χ3v) is 3.41. The number of carboxylic acids is 1. The Hall–Kier alpha value is -1.58. The van der Waals surface area contributed by atoms with Gasteiger partial charge in [-0.2, -0.15) is 0 Å². The molecular formula is C14H19NO3. The first-order valence-corrected chi connectivity index (χ1v) is 6.50. The molecule has 1 aliphatic rings. The molecule has 0 amide bonds. The molecule has 0 aromatic carbocycles. The van der Waals surface area contributed by atoms with Gasteiger partial charge in [0.25, 0.3) is 0 Å². The van der Waals surface area contributed by atoms with Crippen molar-refractivity contribution in [1.82, 2.24) is 4.98 Å². The van der Waals surface area contributed by atoms with Crippen molar-refractivity contribution in [2.24, 2.45) is 5.92 Å². The maximum atomic E-state index is 11.1. The molecule has 4 nitrogen and oxygen atoms in total. The van der Waals surface area contributed by atoms with Gasteiger partial charge in [-0.05, 0) is 37.8 Å². The summed E-state index contributed by atoms with van der Waals surface area (Å²) >= 11 is 0. The van der Waals surface area contributed by atoms with Crippen LogP contribution in [0.3, 0.4) is 0 Å². The molecular weight excluding hydrogens is 230 g/mol. The predicted octanol–water partition coefficient (Wildman–Crippen LogP) is 3.05. The van der Waals surface area contributed by atoms with Gasteiger partial charge in [0.1, 0.15) is 5.56 Å².